The molecule has 1 saturated heterocycles. The molecular weight excluding hydrogens is 376 g/mol. The van der Waals surface area contributed by atoms with Crippen molar-refractivity contribution in [1.82, 2.24) is 4.90 Å². The molecule has 0 N–H and O–H groups in total. The van der Waals surface area contributed by atoms with Crippen molar-refractivity contribution in [2.75, 3.05) is 10.1 Å². The quantitative estimate of drug-likeness (QED) is 0.773. The van der Waals surface area contributed by atoms with Crippen molar-refractivity contribution in [3.63, 3.8) is 0 Å². The maximum atomic E-state index is 13.0. The summed E-state index contributed by atoms with van der Waals surface area (Å²) in [5.41, 5.74) is 1.75. The van der Waals surface area contributed by atoms with E-state index < -0.39 is 21.8 Å². The summed E-state index contributed by atoms with van der Waals surface area (Å²) in [6.45, 7) is 5.98. The first kappa shape index (κ1) is 20.1. The molecule has 1 aliphatic rings. The fourth-order valence-corrected chi connectivity index (χ4v) is 5.08. The van der Waals surface area contributed by atoms with Crippen molar-refractivity contribution in [3.05, 3.63) is 65.7 Å². The van der Waals surface area contributed by atoms with Crippen LogP contribution in [0, 0.1) is 5.92 Å². The number of hydrogen-bond acceptors (Lipinski definition) is 4. The molecule has 0 bridgehead atoms. The number of amides is 2. The second-order valence-corrected chi connectivity index (χ2v) is 9.20. The van der Waals surface area contributed by atoms with E-state index in [0.29, 0.717) is 12.1 Å². The maximum Gasteiger partial charge on any atom is 0.254 e. The first-order valence-electron chi connectivity index (χ1n) is 9.22. The number of nitrogens with zero attached hydrogens (tertiary/aromatic N) is 2. The average Bonchev–Trinajstić information content (AvgIpc) is 2.87. The van der Waals surface area contributed by atoms with E-state index in [1.165, 1.54) is 12.1 Å². The highest BCUT2D eigenvalue weighted by molar-refractivity contribution is 7.94. The summed E-state index contributed by atoms with van der Waals surface area (Å²) in [7, 11) is -3.65. The Balaban J connectivity index is 1.83. The summed E-state index contributed by atoms with van der Waals surface area (Å²) in [6.07, 6.45) is 0. The highest BCUT2D eigenvalue weighted by atomic mass is 32.2. The molecule has 0 saturated carbocycles. The largest absolute Gasteiger partial charge is 0.332 e. The zero-order valence-corrected chi connectivity index (χ0v) is 17.0. The van der Waals surface area contributed by atoms with Gasteiger partial charge in [-0.2, -0.15) is 0 Å². The van der Waals surface area contributed by atoms with E-state index in [0.717, 1.165) is 9.87 Å². The van der Waals surface area contributed by atoms with E-state index in [-0.39, 0.29) is 23.4 Å². The monoisotopic (exact) mass is 400 g/mol. The summed E-state index contributed by atoms with van der Waals surface area (Å²) < 4.78 is 25.3. The molecule has 2 amide bonds. The molecule has 28 heavy (non-hydrogen) atoms. The van der Waals surface area contributed by atoms with Crippen molar-refractivity contribution in [2.24, 2.45) is 5.92 Å². The Hall–Kier alpha value is -2.67. The lowest BCUT2D eigenvalue weighted by Gasteiger charge is -2.27. The van der Waals surface area contributed by atoms with Crippen LogP contribution in [0.3, 0.4) is 0 Å². The molecule has 1 fully saturated rings. The topological polar surface area (TPSA) is 74.8 Å². The summed E-state index contributed by atoms with van der Waals surface area (Å²) in [4.78, 5) is 27.0. The Kier molecular flexibility index (Phi) is 5.56. The SMILES string of the molecule is CC1CS(=O)(=O)N(c2ccc(C(=O)N(Cc3ccccc3)C(C)C)cc2)C1=O. The standard InChI is InChI=1S/C21H24N2O4S/c1-15(2)22(13-17-7-5-4-6-8-17)21(25)18-9-11-19(12-10-18)23-20(24)16(3)14-28(23,26)27/h4-12,15-16H,13-14H2,1-3H3. The Morgan fingerprint density at radius 3 is 2.21 bits per heavy atom. The highest BCUT2D eigenvalue weighted by Crippen LogP contribution is 2.28. The first-order valence-corrected chi connectivity index (χ1v) is 10.8. The zero-order valence-electron chi connectivity index (χ0n) is 16.2. The van der Waals surface area contributed by atoms with Gasteiger partial charge in [-0.3, -0.25) is 9.59 Å². The molecular formula is C21H24N2O4S. The fraction of sp³-hybridized carbons (Fsp3) is 0.333. The predicted molar refractivity (Wildman–Crippen MR) is 108 cm³/mol. The molecule has 7 heteroatoms. The number of hydrogen-bond donors (Lipinski definition) is 0. The van der Waals surface area contributed by atoms with E-state index in [1.807, 2.05) is 44.2 Å². The van der Waals surface area contributed by atoms with Gasteiger partial charge >= 0.3 is 0 Å². The summed E-state index contributed by atoms with van der Waals surface area (Å²) in [5.74, 6) is -1.33. The maximum absolute atomic E-state index is 13.0. The molecule has 0 aliphatic carbocycles. The molecule has 1 atom stereocenters. The second-order valence-electron chi connectivity index (χ2n) is 7.34. The normalized spacial score (nSPS) is 18.5. The fourth-order valence-electron chi connectivity index (χ4n) is 3.26. The van der Waals surface area contributed by atoms with Gasteiger partial charge in [-0.25, -0.2) is 12.7 Å². The van der Waals surface area contributed by atoms with E-state index in [1.54, 1.807) is 24.0 Å². The van der Waals surface area contributed by atoms with Gasteiger partial charge in [0.15, 0.2) is 0 Å². The minimum absolute atomic E-state index is 0.00577. The van der Waals surface area contributed by atoms with Gasteiger partial charge in [-0.05, 0) is 43.7 Å². The Morgan fingerprint density at radius 1 is 1.11 bits per heavy atom. The Labute approximate surface area is 165 Å². The minimum Gasteiger partial charge on any atom is -0.332 e. The van der Waals surface area contributed by atoms with Crippen LogP contribution in [-0.2, 0) is 21.4 Å². The van der Waals surface area contributed by atoms with Gasteiger partial charge in [0.05, 0.1) is 17.4 Å². The second kappa shape index (κ2) is 7.75. The third kappa shape index (κ3) is 3.94. The van der Waals surface area contributed by atoms with Gasteiger partial charge in [0.25, 0.3) is 5.91 Å². The van der Waals surface area contributed by atoms with E-state index in [9.17, 15) is 18.0 Å². The summed E-state index contributed by atoms with van der Waals surface area (Å²) >= 11 is 0. The van der Waals surface area contributed by atoms with E-state index in [2.05, 4.69) is 0 Å². The van der Waals surface area contributed by atoms with Gasteiger partial charge in [0.1, 0.15) is 0 Å². The van der Waals surface area contributed by atoms with Crippen LogP contribution in [0.1, 0.15) is 36.7 Å². The third-order valence-electron chi connectivity index (χ3n) is 4.79. The van der Waals surface area contributed by atoms with Crippen molar-refractivity contribution in [3.8, 4) is 0 Å². The predicted octanol–water partition coefficient (Wildman–Crippen LogP) is 3.05. The number of sulfonamides is 1. The van der Waals surface area contributed by atoms with E-state index >= 15 is 0 Å². The lowest BCUT2D eigenvalue weighted by Crippen LogP contribution is -2.36. The number of carbonyl (C=O) groups is 2. The molecule has 1 heterocycles. The molecule has 0 radical (unpaired) electrons. The number of rotatable bonds is 5. The summed E-state index contributed by atoms with van der Waals surface area (Å²) in [5, 5.41) is 0. The van der Waals surface area contributed by atoms with Crippen molar-refractivity contribution in [1.29, 1.82) is 0 Å². The molecule has 6 nitrogen and oxygen atoms in total. The van der Waals surface area contributed by atoms with Crippen LogP contribution in [0.4, 0.5) is 5.69 Å². The van der Waals surface area contributed by atoms with Gasteiger partial charge in [0, 0.05) is 18.2 Å². The molecule has 0 aromatic heterocycles. The van der Waals surface area contributed by atoms with Gasteiger partial charge < -0.3 is 4.90 Å². The van der Waals surface area contributed by atoms with Gasteiger partial charge in [0.2, 0.25) is 15.9 Å². The average molecular weight is 401 g/mol. The van der Waals surface area contributed by atoms with Crippen molar-refractivity contribution < 1.29 is 18.0 Å². The molecule has 2 aromatic rings. The van der Waals surface area contributed by atoms with Crippen LogP contribution in [-0.4, -0.2) is 36.9 Å². The van der Waals surface area contributed by atoms with Crippen LogP contribution in [0.2, 0.25) is 0 Å². The van der Waals surface area contributed by atoms with Crippen molar-refractivity contribution in [2.45, 2.75) is 33.4 Å². The molecule has 3 rings (SSSR count). The van der Waals surface area contributed by atoms with Crippen LogP contribution < -0.4 is 4.31 Å². The lowest BCUT2D eigenvalue weighted by molar-refractivity contribution is -0.119. The lowest BCUT2D eigenvalue weighted by atomic mass is 10.1. The Morgan fingerprint density at radius 2 is 1.71 bits per heavy atom. The number of anilines is 1. The van der Waals surface area contributed by atoms with Crippen LogP contribution >= 0.6 is 0 Å². The summed E-state index contributed by atoms with van der Waals surface area (Å²) in [6, 6.07) is 15.9. The van der Waals surface area contributed by atoms with Crippen LogP contribution in [0.25, 0.3) is 0 Å². The Bertz CT molecular complexity index is 969. The molecule has 148 valence electrons. The minimum atomic E-state index is -3.65. The van der Waals surface area contributed by atoms with E-state index in [4.69, 9.17) is 0 Å². The molecule has 1 aliphatic heterocycles. The van der Waals surface area contributed by atoms with Gasteiger partial charge in [-0.15, -0.1) is 0 Å². The van der Waals surface area contributed by atoms with Gasteiger partial charge in [-0.1, -0.05) is 37.3 Å². The molecule has 2 aromatic carbocycles. The van der Waals surface area contributed by atoms with Crippen LogP contribution in [0.5, 0.6) is 0 Å². The van der Waals surface area contributed by atoms with Crippen molar-refractivity contribution >= 4 is 27.5 Å². The zero-order chi connectivity index (χ0) is 20.5. The smallest absolute Gasteiger partial charge is 0.254 e. The third-order valence-corrected chi connectivity index (χ3v) is 6.66. The number of benzene rings is 2. The van der Waals surface area contributed by atoms with Crippen LogP contribution in [0.15, 0.2) is 54.6 Å². The molecule has 1 unspecified atom stereocenters. The highest BCUT2D eigenvalue weighted by Gasteiger charge is 2.41. The molecule has 0 spiro atoms. The first-order chi connectivity index (χ1) is 13.2. The number of carbonyl (C=O) groups excluding carboxylic acids is 2.